The van der Waals surface area contributed by atoms with Gasteiger partial charge in [0.25, 0.3) is 5.91 Å². The molecule has 2 aromatic rings. The van der Waals surface area contributed by atoms with E-state index in [1.165, 1.54) is 12.8 Å². The molecule has 1 aliphatic rings. The van der Waals surface area contributed by atoms with E-state index in [4.69, 9.17) is 4.42 Å². The van der Waals surface area contributed by atoms with Gasteiger partial charge in [-0.2, -0.15) is 0 Å². The number of carbonyl (C=O) groups is 1. The van der Waals surface area contributed by atoms with Crippen molar-refractivity contribution in [1.29, 1.82) is 0 Å². The third-order valence-electron chi connectivity index (χ3n) is 3.99. The largest absolute Gasteiger partial charge is 0.451 e. The molecule has 1 aromatic carbocycles. The summed E-state index contributed by atoms with van der Waals surface area (Å²) in [4.78, 5) is 14.6. The Kier molecular flexibility index (Phi) is 3.83. The van der Waals surface area contributed by atoms with Crippen molar-refractivity contribution in [2.24, 2.45) is 0 Å². The van der Waals surface area contributed by atoms with Gasteiger partial charge in [-0.05, 0) is 38.0 Å². The summed E-state index contributed by atoms with van der Waals surface area (Å²) in [5.74, 6) is 0.539. The first kappa shape index (κ1) is 13.7. The van der Waals surface area contributed by atoms with E-state index in [1.807, 2.05) is 30.0 Å². The van der Waals surface area contributed by atoms with Crippen LogP contribution in [-0.2, 0) is 0 Å². The first-order valence-corrected chi connectivity index (χ1v) is 7.94. The maximum atomic E-state index is 12.6. The first-order valence-electron chi connectivity index (χ1n) is 7.15. The predicted octanol–water partition coefficient (Wildman–Crippen LogP) is 4.52. The second-order valence-electron chi connectivity index (χ2n) is 5.40. The lowest BCUT2D eigenvalue weighted by molar-refractivity contribution is 0.0731. The van der Waals surface area contributed by atoms with E-state index < -0.39 is 0 Å². The zero-order valence-electron chi connectivity index (χ0n) is 11.6. The molecule has 0 spiro atoms. The monoisotopic (exact) mass is 335 g/mol. The van der Waals surface area contributed by atoms with Crippen LogP contribution in [0.2, 0.25) is 0 Å². The Bertz CT molecular complexity index is 639. The van der Waals surface area contributed by atoms with Crippen molar-refractivity contribution in [3.63, 3.8) is 0 Å². The van der Waals surface area contributed by atoms with Crippen molar-refractivity contribution < 1.29 is 9.21 Å². The van der Waals surface area contributed by atoms with Crippen LogP contribution in [0.25, 0.3) is 11.0 Å². The smallest absolute Gasteiger partial charge is 0.289 e. The quantitative estimate of drug-likeness (QED) is 0.767. The molecule has 1 aliphatic heterocycles. The van der Waals surface area contributed by atoms with Crippen LogP contribution in [0.1, 0.15) is 41.8 Å². The molecule has 4 heteroatoms. The van der Waals surface area contributed by atoms with Gasteiger partial charge in [-0.1, -0.05) is 28.8 Å². The van der Waals surface area contributed by atoms with Crippen molar-refractivity contribution in [2.75, 3.05) is 13.1 Å². The van der Waals surface area contributed by atoms with Crippen molar-refractivity contribution in [3.05, 3.63) is 34.0 Å². The number of fused-ring (bicyclic) bond motifs is 1. The second-order valence-corrected chi connectivity index (χ2v) is 6.32. The number of amides is 1. The molecule has 1 amide bonds. The van der Waals surface area contributed by atoms with Crippen molar-refractivity contribution >= 4 is 32.8 Å². The number of halogens is 1. The van der Waals surface area contributed by atoms with Gasteiger partial charge in [0.15, 0.2) is 5.76 Å². The maximum absolute atomic E-state index is 12.6. The molecule has 3 rings (SSSR count). The fraction of sp³-hybridized carbons (Fsp3) is 0.438. The molecule has 0 radical (unpaired) electrons. The Labute approximate surface area is 127 Å². The average Bonchev–Trinajstić information content (AvgIpc) is 2.66. The molecule has 20 heavy (non-hydrogen) atoms. The number of benzene rings is 1. The van der Waals surface area contributed by atoms with E-state index in [1.54, 1.807) is 0 Å². The van der Waals surface area contributed by atoms with Crippen molar-refractivity contribution in [3.8, 4) is 0 Å². The molecular formula is C16H18BrNO2. The SMILES string of the molecule is Cc1c(C(=O)N2CCCCCC2)oc2ccc(Br)cc12. The molecule has 0 unspecified atom stereocenters. The Morgan fingerprint density at radius 1 is 1.20 bits per heavy atom. The summed E-state index contributed by atoms with van der Waals surface area (Å²) in [7, 11) is 0. The van der Waals surface area contributed by atoms with Gasteiger partial charge in [0.05, 0.1) is 0 Å². The summed E-state index contributed by atoms with van der Waals surface area (Å²) in [6.45, 7) is 3.65. The molecule has 106 valence electrons. The zero-order valence-corrected chi connectivity index (χ0v) is 13.2. The number of likely N-dealkylation sites (tertiary alicyclic amines) is 1. The molecule has 0 bridgehead atoms. The fourth-order valence-corrected chi connectivity index (χ4v) is 3.18. The predicted molar refractivity (Wildman–Crippen MR) is 83.0 cm³/mol. The van der Waals surface area contributed by atoms with E-state index in [2.05, 4.69) is 15.9 Å². The van der Waals surface area contributed by atoms with Gasteiger partial charge in [0, 0.05) is 28.5 Å². The number of aryl methyl sites for hydroxylation is 1. The Balaban J connectivity index is 1.96. The van der Waals surface area contributed by atoms with Crippen LogP contribution in [0.15, 0.2) is 27.1 Å². The maximum Gasteiger partial charge on any atom is 0.289 e. The topological polar surface area (TPSA) is 33.5 Å². The van der Waals surface area contributed by atoms with Gasteiger partial charge in [0.1, 0.15) is 5.58 Å². The van der Waals surface area contributed by atoms with Crippen LogP contribution in [0.5, 0.6) is 0 Å². The first-order chi connectivity index (χ1) is 9.66. The Morgan fingerprint density at radius 2 is 1.90 bits per heavy atom. The highest BCUT2D eigenvalue weighted by Gasteiger charge is 2.23. The van der Waals surface area contributed by atoms with E-state index in [0.717, 1.165) is 46.9 Å². The molecule has 2 heterocycles. The minimum absolute atomic E-state index is 0.0386. The molecule has 1 saturated heterocycles. The molecule has 0 N–H and O–H groups in total. The highest BCUT2D eigenvalue weighted by molar-refractivity contribution is 9.10. The summed E-state index contributed by atoms with van der Waals surface area (Å²) in [5, 5.41) is 1.01. The molecule has 1 aromatic heterocycles. The van der Waals surface area contributed by atoms with Crippen LogP contribution in [-0.4, -0.2) is 23.9 Å². The number of hydrogen-bond acceptors (Lipinski definition) is 2. The summed E-state index contributed by atoms with van der Waals surface area (Å²) in [6, 6.07) is 5.85. The zero-order chi connectivity index (χ0) is 14.1. The highest BCUT2D eigenvalue weighted by Crippen LogP contribution is 2.29. The third kappa shape index (κ3) is 2.49. The lowest BCUT2D eigenvalue weighted by atomic mass is 10.1. The highest BCUT2D eigenvalue weighted by atomic mass is 79.9. The number of nitrogens with zero attached hydrogens (tertiary/aromatic N) is 1. The van der Waals surface area contributed by atoms with Crippen molar-refractivity contribution in [1.82, 2.24) is 4.90 Å². The summed E-state index contributed by atoms with van der Waals surface area (Å²) >= 11 is 3.46. The fourth-order valence-electron chi connectivity index (χ4n) is 2.81. The summed E-state index contributed by atoms with van der Waals surface area (Å²) in [6.07, 6.45) is 4.62. The van der Waals surface area contributed by atoms with Crippen molar-refractivity contribution in [2.45, 2.75) is 32.6 Å². The number of hydrogen-bond donors (Lipinski definition) is 0. The van der Waals surface area contributed by atoms with E-state index >= 15 is 0 Å². The van der Waals surface area contributed by atoms with Crippen LogP contribution >= 0.6 is 15.9 Å². The lowest BCUT2D eigenvalue weighted by Crippen LogP contribution is -2.31. The lowest BCUT2D eigenvalue weighted by Gasteiger charge is -2.19. The van der Waals surface area contributed by atoms with Crippen LogP contribution in [0.4, 0.5) is 0 Å². The number of carbonyl (C=O) groups excluding carboxylic acids is 1. The minimum atomic E-state index is 0.0386. The standard InChI is InChI=1S/C16H18BrNO2/c1-11-13-10-12(17)6-7-14(13)20-15(11)16(19)18-8-4-2-3-5-9-18/h6-7,10H,2-5,8-9H2,1H3. The molecule has 1 fully saturated rings. The van der Waals surface area contributed by atoms with Gasteiger partial charge in [0.2, 0.25) is 0 Å². The molecule has 0 aliphatic carbocycles. The van der Waals surface area contributed by atoms with Crippen LogP contribution < -0.4 is 0 Å². The molecular weight excluding hydrogens is 318 g/mol. The normalized spacial score (nSPS) is 16.4. The summed E-state index contributed by atoms with van der Waals surface area (Å²) in [5.41, 5.74) is 1.72. The minimum Gasteiger partial charge on any atom is -0.451 e. The van der Waals surface area contributed by atoms with Gasteiger partial charge in [-0.3, -0.25) is 4.79 Å². The second kappa shape index (κ2) is 5.60. The third-order valence-corrected chi connectivity index (χ3v) is 4.48. The van der Waals surface area contributed by atoms with E-state index in [-0.39, 0.29) is 5.91 Å². The molecule has 0 atom stereocenters. The van der Waals surface area contributed by atoms with E-state index in [0.29, 0.717) is 5.76 Å². The average molecular weight is 336 g/mol. The molecule has 3 nitrogen and oxygen atoms in total. The van der Waals surface area contributed by atoms with Gasteiger partial charge >= 0.3 is 0 Å². The van der Waals surface area contributed by atoms with Gasteiger partial charge in [-0.25, -0.2) is 0 Å². The Morgan fingerprint density at radius 3 is 2.60 bits per heavy atom. The molecule has 0 saturated carbocycles. The number of furan rings is 1. The van der Waals surface area contributed by atoms with E-state index in [9.17, 15) is 4.79 Å². The number of rotatable bonds is 1. The van der Waals surface area contributed by atoms with Gasteiger partial charge in [-0.15, -0.1) is 0 Å². The Hall–Kier alpha value is -1.29. The summed E-state index contributed by atoms with van der Waals surface area (Å²) < 4.78 is 6.80. The van der Waals surface area contributed by atoms with Gasteiger partial charge < -0.3 is 9.32 Å². The van der Waals surface area contributed by atoms with Crippen LogP contribution in [0, 0.1) is 6.92 Å². The van der Waals surface area contributed by atoms with Crippen LogP contribution in [0.3, 0.4) is 0 Å².